The lowest BCUT2D eigenvalue weighted by atomic mass is 10.1. The molecule has 1 aromatic heterocycles. The molecular weight excluding hydrogens is 370 g/mol. The summed E-state index contributed by atoms with van der Waals surface area (Å²) in [5.74, 6) is -0.365. The van der Waals surface area contributed by atoms with E-state index in [0.29, 0.717) is 0 Å². The summed E-state index contributed by atoms with van der Waals surface area (Å²) in [6, 6.07) is 12.5. The van der Waals surface area contributed by atoms with E-state index in [1.165, 1.54) is 6.07 Å². The quantitative estimate of drug-likeness (QED) is 0.716. The summed E-state index contributed by atoms with van der Waals surface area (Å²) in [6.45, 7) is 1.90. The van der Waals surface area contributed by atoms with E-state index >= 15 is 0 Å². The minimum Gasteiger partial charge on any atom is -0.507 e. The molecule has 1 amide bonds. The molecule has 3 rings (SSSR count). The third-order valence-corrected chi connectivity index (χ3v) is 4.24. The predicted octanol–water partition coefficient (Wildman–Crippen LogP) is 3.83. The van der Waals surface area contributed by atoms with Crippen LogP contribution in [-0.2, 0) is 0 Å². The first kappa shape index (κ1) is 16.3. The van der Waals surface area contributed by atoms with Gasteiger partial charge in [-0.2, -0.15) is 0 Å². The lowest BCUT2D eigenvalue weighted by Gasteiger charge is -2.15. The Kier molecular flexibility index (Phi) is 4.66. The number of halogens is 1. The van der Waals surface area contributed by atoms with E-state index in [0.717, 1.165) is 15.7 Å². The highest BCUT2D eigenvalue weighted by Crippen LogP contribution is 2.23. The molecule has 1 unspecified atom stereocenters. The lowest BCUT2D eigenvalue weighted by Crippen LogP contribution is -2.26. The fourth-order valence-electron chi connectivity index (χ4n) is 2.40. The van der Waals surface area contributed by atoms with Gasteiger partial charge in [-0.05, 0) is 42.8 Å². The normalized spacial score (nSPS) is 11.9. The number of aromatic hydroxyl groups is 1. The fourth-order valence-corrected chi connectivity index (χ4v) is 2.75. The Morgan fingerprint density at radius 2 is 2.00 bits per heavy atom. The molecule has 0 radical (unpaired) electrons. The van der Waals surface area contributed by atoms with Crippen LogP contribution in [0.25, 0.3) is 5.69 Å². The Hall–Kier alpha value is -2.60. The van der Waals surface area contributed by atoms with Crippen LogP contribution >= 0.6 is 15.9 Å². The number of phenols is 1. The van der Waals surface area contributed by atoms with Crippen LogP contribution in [0.1, 0.15) is 28.9 Å². The van der Waals surface area contributed by atoms with Crippen molar-refractivity contribution in [2.75, 3.05) is 0 Å². The molecule has 5 nitrogen and oxygen atoms in total. The first-order valence-corrected chi connectivity index (χ1v) is 8.21. The van der Waals surface area contributed by atoms with Gasteiger partial charge >= 0.3 is 0 Å². The molecule has 24 heavy (non-hydrogen) atoms. The van der Waals surface area contributed by atoms with E-state index < -0.39 is 0 Å². The number of hydrogen-bond donors (Lipinski definition) is 2. The third-order valence-electron chi connectivity index (χ3n) is 3.75. The molecule has 2 N–H and O–H groups in total. The van der Waals surface area contributed by atoms with Crippen molar-refractivity contribution in [1.29, 1.82) is 0 Å². The summed E-state index contributed by atoms with van der Waals surface area (Å²) in [7, 11) is 0. The van der Waals surface area contributed by atoms with Crippen LogP contribution in [0.5, 0.6) is 5.75 Å². The molecule has 6 heteroatoms. The van der Waals surface area contributed by atoms with Gasteiger partial charge in [0, 0.05) is 22.6 Å². The van der Waals surface area contributed by atoms with Crippen LogP contribution in [0, 0.1) is 0 Å². The Morgan fingerprint density at radius 3 is 2.62 bits per heavy atom. The number of nitrogens with one attached hydrogen (secondary N) is 1. The SMILES string of the molecule is CC(NC(=O)c1ccc(Br)cc1O)c1ccc(-n2ccnc2)cc1. The molecule has 2 aromatic carbocycles. The minimum atomic E-state index is -0.314. The highest BCUT2D eigenvalue weighted by molar-refractivity contribution is 9.10. The highest BCUT2D eigenvalue weighted by Gasteiger charge is 2.15. The van der Waals surface area contributed by atoms with Crippen LogP contribution in [0.2, 0.25) is 0 Å². The van der Waals surface area contributed by atoms with Gasteiger partial charge in [0.2, 0.25) is 0 Å². The van der Waals surface area contributed by atoms with Crippen molar-refractivity contribution in [3.05, 3.63) is 76.8 Å². The number of hydrogen-bond acceptors (Lipinski definition) is 3. The zero-order valence-corrected chi connectivity index (χ0v) is 14.6. The summed E-state index contributed by atoms with van der Waals surface area (Å²) in [4.78, 5) is 16.3. The van der Waals surface area contributed by atoms with Gasteiger partial charge in [0.1, 0.15) is 5.75 Å². The summed E-state index contributed by atoms with van der Waals surface area (Å²) in [6.07, 6.45) is 5.33. The number of aromatic nitrogens is 2. The highest BCUT2D eigenvalue weighted by atomic mass is 79.9. The van der Waals surface area contributed by atoms with Gasteiger partial charge in [0.05, 0.1) is 17.9 Å². The van der Waals surface area contributed by atoms with Crippen LogP contribution in [0.3, 0.4) is 0 Å². The molecule has 3 aromatic rings. The Bertz CT molecular complexity index is 845. The molecule has 0 saturated heterocycles. The van der Waals surface area contributed by atoms with Crippen molar-refractivity contribution < 1.29 is 9.90 Å². The van der Waals surface area contributed by atoms with Crippen molar-refractivity contribution in [3.63, 3.8) is 0 Å². The maximum absolute atomic E-state index is 12.3. The summed E-state index contributed by atoms with van der Waals surface area (Å²) < 4.78 is 2.63. The second kappa shape index (κ2) is 6.88. The average Bonchev–Trinajstić information content (AvgIpc) is 3.09. The minimum absolute atomic E-state index is 0.0514. The van der Waals surface area contributed by atoms with Crippen LogP contribution < -0.4 is 5.32 Å². The average molecular weight is 386 g/mol. The van der Waals surface area contributed by atoms with Crippen molar-refractivity contribution in [3.8, 4) is 11.4 Å². The van der Waals surface area contributed by atoms with Gasteiger partial charge in [0.25, 0.3) is 5.91 Å². The zero-order valence-electron chi connectivity index (χ0n) is 13.0. The summed E-state index contributed by atoms with van der Waals surface area (Å²) in [5.41, 5.74) is 2.23. The first-order valence-electron chi connectivity index (χ1n) is 7.42. The van der Waals surface area contributed by atoms with Gasteiger partial charge in [-0.3, -0.25) is 4.79 Å². The molecular formula is C18H16BrN3O2. The number of amides is 1. The van der Waals surface area contributed by atoms with E-state index in [-0.39, 0.29) is 23.3 Å². The molecule has 0 bridgehead atoms. The monoisotopic (exact) mass is 385 g/mol. The Labute approximate surface area is 148 Å². The van der Waals surface area contributed by atoms with Gasteiger partial charge in [-0.1, -0.05) is 28.1 Å². The van der Waals surface area contributed by atoms with Crippen molar-refractivity contribution >= 4 is 21.8 Å². The van der Waals surface area contributed by atoms with E-state index in [4.69, 9.17) is 0 Å². The van der Waals surface area contributed by atoms with Crippen molar-refractivity contribution in [1.82, 2.24) is 14.9 Å². The molecule has 0 aliphatic rings. The molecule has 1 atom stereocenters. The van der Waals surface area contributed by atoms with E-state index in [1.54, 1.807) is 24.7 Å². The number of nitrogens with zero attached hydrogens (tertiary/aromatic N) is 2. The van der Waals surface area contributed by atoms with E-state index in [2.05, 4.69) is 26.2 Å². The second-order valence-electron chi connectivity index (χ2n) is 5.42. The maximum atomic E-state index is 12.3. The van der Waals surface area contributed by atoms with E-state index in [9.17, 15) is 9.90 Å². The number of rotatable bonds is 4. The zero-order chi connectivity index (χ0) is 17.1. The third kappa shape index (κ3) is 3.49. The lowest BCUT2D eigenvalue weighted by molar-refractivity contribution is 0.0937. The number of benzene rings is 2. The summed E-state index contributed by atoms with van der Waals surface area (Å²) in [5, 5.41) is 12.8. The van der Waals surface area contributed by atoms with Crippen LogP contribution in [-0.4, -0.2) is 20.6 Å². The topological polar surface area (TPSA) is 67.2 Å². The number of imidazole rings is 1. The molecule has 122 valence electrons. The Balaban J connectivity index is 1.72. The predicted molar refractivity (Wildman–Crippen MR) is 95.3 cm³/mol. The van der Waals surface area contributed by atoms with Crippen LogP contribution in [0.4, 0.5) is 0 Å². The standard InChI is InChI=1S/C18H16BrN3O2/c1-12(21-18(24)16-7-4-14(19)10-17(16)23)13-2-5-15(6-3-13)22-9-8-20-11-22/h2-12,23H,1H3,(H,21,24). The van der Waals surface area contributed by atoms with Gasteiger partial charge in [-0.25, -0.2) is 4.98 Å². The number of carbonyl (C=O) groups excluding carboxylic acids is 1. The largest absolute Gasteiger partial charge is 0.507 e. The van der Waals surface area contributed by atoms with E-state index in [1.807, 2.05) is 42.0 Å². The molecule has 1 heterocycles. The number of phenolic OH excluding ortho intramolecular Hbond substituents is 1. The molecule has 0 saturated carbocycles. The smallest absolute Gasteiger partial charge is 0.255 e. The van der Waals surface area contributed by atoms with Gasteiger partial charge < -0.3 is 15.0 Å². The summed E-state index contributed by atoms with van der Waals surface area (Å²) >= 11 is 3.26. The fraction of sp³-hybridized carbons (Fsp3) is 0.111. The molecule has 0 spiro atoms. The van der Waals surface area contributed by atoms with Gasteiger partial charge in [-0.15, -0.1) is 0 Å². The molecule has 0 aliphatic carbocycles. The first-order chi connectivity index (χ1) is 11.5. The Morgan fingerprint density at radius 1 is 1.25 bits per heavy atom. The molecule has 0 fully saturated rings. The van der Waals surface area contributed by atoms with Gasteiger partial charge in [0.15, 0.2) is 0 Å². The van der Waals surface area contributed by atoms with Crippen LogP contribution in [0.15, 0.2) is 65.7 Å². The second-order valence-corrected chi connectivity index (χ2v) is 6.33. The van der Waals surface area contributed by atoms with Crippen molar-refractivity contribution in [2.45, 2.75) is 13.0 Å². The maximum Gasteiger partial charge on any atom is 0.255 e. The molecule has 0 aliphatic heterocycles. The van der Waals surface area contributed by atoms with Crippen molar-refractivity contribution in [2.24, 2.45) is 0 Å². The number of carbonyl (C=O) groups is 1.